The number of aryl methyl sites for hydroxylation is 2. The maximum atomic E-state index is 13.3. The molecule has 0 atom stereocenters. The van der Waals surface area contributed by atoms with Gasteiger partial charge in [-0.25, -0.2) is 4.79 Å². The minimum absolute atomic E-state index is 0.0714. The number of carboxylic acid groups (broad SMARTS) is 1. The molecule has 1 aromatic carbocycles. The summed E-state index contributed by atoms with van der Waals surface area (Å²) in [6.45, 7) is 9.42. The van der Waals surface area contributed by atoms with Crippen molar-refractivity contribution in [3.05, 3.63) is 76.6 Å². The van der Waals surface area contributed by atoms with Crippen molar-refractivity contribution in [3.63, 3.8) is 0 Å². The van der Waals surface area contributed by atoms with E-state index >= 15 is 0 Å². The van der Waals surface area contributed by atoms with Gasteiger partial charge in [-0.15, -0.1) is 0 Å². The number of aromatic nitrogens is 1. The summed E-state index contributed by atoms with van der Waals surface area (Å²) in [5.74, 6) is -1.07. The van der Waals surface area contributed by atoms with Crippen molar-refractivity contribution in [2.45, 2.75) is 52.5 Å². The Morgan fingerprint density at radius 2 is 1.77 bits per heavy atom. The summed E-state index contributed by atoms with van der Waals surface area (Å²) >= 11 is 0. The van der Waals surface area contributed by atoms with Crippen molar-refractivity contribution in [3.8, 4) is 0 Å². The summed E-state index contributed by atoms with van der Waals surface area (Å²) in [5.41, 5.74) is 4.25. The summed E-state index contributed by atoms with van der Waals surface area (Å²) in [6.07, 6.45) is 6.29. The predicted molar refractivity (Wildman–Crippen MR) is 120 cm³/mol. The molecular formula is C25H30N2O3. The Balaban J connectivity index is 1.81. The Labute approximate surface area is 177 Å². The highest BCUT2D eigenvalue weighted by molar-refractivity contribution is 6.14. The molecule has 30 heavy (non-hydrogen) atoms. The average Bonchev–Trinajstić information content (AvgIpc) is 3.08. The van der Waals surface area contributed by atoms with Gasteiger partial charge in [0.2, 0.25) is 0 Å². The third-order valence-corrected chi connectivity index (χ3v) is 5.23. The SMILES string of the molecule is CCc1cn2ccc(C(=O)O)cc2c1C(=O)c1ccc(CCCNC(C)(C)C)cc1. The number of nitrogens with one attached hydrogen (secondary N) is 1. The van der Waals surface area contributed by atoms with Crippen molar-refractivity contribution in [2.75, 3.05) is 6.54 Å². The van der Waals surface area contributed by atoms with Crippen LogP contribution in [0.2, 0.25) is 0 Å². The third-order valence-electron chi connectivity index (χ3n) is 5.23. The highest BCUT2D eigenvalue weighted by atomic mass is 16.4. The van der Waals surface area contributed by atoms with E-state index in [4.69, 9.17) is 0 Å². The molecule has 0 amide bonds. The van der Waals surface area contributed by atoms with Gasteiger partial charge < -0.3 is 14.8 Å². The third kappa shape index (κ3) is 4.97. The highest BCUT2D eigenvalue weighted by Crippen LogP contribution is 2.24. The van der Waals surface area contributed by atoms with E-state index in [1.54, 1.807) is 18.3 Å². The number of carbonyl (C=O) groups excluding carboxylic acids is 1. The van der Waals surface area contributed by atoms with Gasteiger partial charge in [0.05, 0.1) is 16.6 Å². The van der Waals surface area contributed by atoms with Crippen LogP contribution in [0.1, 0.15) is 71.5 Å². The summed E-state index contributed by atoms with van der Waals surface area (Å²) in [5, 5.41) is 12.8. The normalized spacial score (nSPS) is 11.7. The van der Waals surface area contributed by atoms with Crippen molar-refractivity contribution in [2.24, 2.45) is 0 Å². The molecule has 0 saturated heterocycles. The van der Waals surface area contributed by atoms with Crippen LogP contribution in [-0.2, 0) is 12.8 Å². The van der Waals surface area contributed by atoms with E-state index in [0.717, 1.165) is 24.9 Å². The molecule has 5 nitrogen and oxygen atoms in total. The average molecular weight is 407 g/mol. The molecule has 2 aromatic heterocycles. The topological polar surface area (TPSA) is 70.8 Å². The number of rotatable bonds is 8. The maximum Gasteiger partial charge on any atom is 0.335 e. The standard InChI is InChI=1S/C25H30N2O3/c1-5-18-16-27-14-12-20(24(29)30)15-21(27)22(18)23(28)19-10-8-17(9-11-19)7-6-13-26-25(2,3)4/h8-12,14-16,26H,5-7,13H2,1-4H3,(H,29,30). The van der Waals surface area contributed by atoms with Gasteiger partial charge in [0.1, 0.15) is 0 Å². The maximum absolute atomic E-state index is 13.3. The summed E-state index contributed by atoms with van der Waals surface area (Å²) in [7, 11) is 0. The van der Waals surface area contributed by atoms with Crippen LogP contribution in [0.15, 0.2) is 48.8 Å². The second-order valence-electron chi connectivity index (χ2n) is 8.70. The molecule has 0 aliphatic rings. The number of hydrogen-bond donors (Lipinski definition) is 2. The van der Waals surface area contributed by atoms with E-state index in [1.807, 2.05) is 41.8 Å². The first-order chi connectivity index (χ1) is 14.2. The molecule has 0 aliphatic heterocycles. The molecule has 3 aromatic rings. The zero-order chi connectivity index (χ0) is 21.9. The second kappa shape index (κ2) is 8.84. The van der Waals surface area contributed by atoms with Crippen molar-refractivity contribution in [1.82, 2.24) is 9.72 Å². The molecule has 0 radical (unpaired) electrons. The van der Waals surface area contributed by atoms with Gasteiger partial charge in [0.15, 0.2) is 5.78 Å². The number of carbonyl (C=O) groups is 2. The Morgan fingerprint density at radius 3 is 2.37 bits per heavy atom. The molecular weight excluding hydrogens is 376 g/mol. The number of hydrogen-bond acceptors (Lipinski definition) is 3. The van der Waals surface area contributed by atoms with E-state index in [1.165, 1.54) is 5.56 Å². The number of ketones is 1. The predicted octanol–water partition coefficient (Wildman–Crippen LogP) is 4.75. The Hall–Kier alpha value is -2.92. The van der Waals surface area contributed by atoms with Crippen molar-refractivity contribution < 1.29 is 14.7 Å². The number of aromatic carboxylic acids is 1. The lowest BCUT2D eigenvalue weighted by Crippen LogP contribution is -2.36. The van der Waals surface area contributed by atoms with Gasteiger partial charge in [-0.1, -0.05) is 31.2 Å². The van der Waals surface area contributed by atoms with Gasteiger partial charge in [-0.2, -0.15) is 0 Å². The fraction of sp³-hybridized carbons (Fsp3) is 0.360. The first-order valence-electron chi connectivity index (χ1n) is 10.4. The van der Waals surface area contributed by atoms with Crippen LogP contribution in [0.4, 0.5) is 0 Å². The molecule has 0 unspecified atom stereocenters. The fourth-order valence-electron chi connectivity index (χ4n) is 3.61. The zero-order valence-corrected chi connectivity index (χ0v) is 18.2. The smallest absolute Gasteiger partial charge is 0.335 e. The first-order valence-corrected chi connectivity index (χ1v) is 10.4. The minimum Gasteiger partial charge on any atom is -0.478 e. The molecule has 0 bridgehead atoms. The van der Waals surface area contributed by atoms with Crippen LogP contribution in [0.3, 0.4) is 0 Å². The minimum atomic E-state index is -1.000. The number of fused-ring (bicyclic) bond motifs is 1. The zero-order valence-electron chi connectivity index (χ0n) is 18.2. The molecule has 3 rings (SSSR count). The number of carboxylic acids is 1. The van der Waals surface area contributed by atoms with Gasteiger partial charge in [0, 0.05) is 23.5 Å². The van der Waals surface area contributed by atoms with Gasteiger partial charge in [0.25, 0.3) is 0 Å². The fourth-order valence-corrected chi connectivity index (χ4v) is 3.61. The second-order valence-corrected chi connectivity index (χ2v) is 8.70. The van der Waals surface area contributed by atoms with Crippen LogP contribution in [-0.4, -0.2) is 33.3 Å². The summed E-state index contributed by atoms with van der Waals surface area (Å²) < 4.78 is 1.83. The lowest BCUT2D eigenvalue weighted by molar-refractivity contribution is 0.0696. The van der Waals surface area contributed by atoms with Crippen molar-refractivity contribution in [1.29, 1.82) is 0 Å². The largest absolute Gasteiger partial charge is 0.478 e. The lowest BCUT2D eigenvalue weighted by Gasteiger charge is -2.20. The van der Waals surface area contributed by atoms with E-state index < -0.39 is 5.97 Å². The first kappa shape index (κ1) is 21.8. The molecule has 2 heterocycles. The summed E-state index contributed by atoms with van der Waals surface area (Å²) in [6, 6.07) is 10.9. The molecule has 2 N–H and O–H groups in total. The van der Waals surface area contributed by atoms with E-state index in [-0.39, 0.29) is 16.9 Å². The molecule has 158 valence electrons. The van der Waals surface area contributed by atoms with Gasteiger partial charge >= 0.3 is 5.97 Å². The van der Waals surface area contributed by atoms with E-state index in [2.05, 4.69) is 26.1 Å². The van der Waals surface area contributed by atoms with E-state index in [0.29, 0.717) is 23.1 Å². The summed E-state index contributed by atoms with van der Waals surface area (Å²) in [4.78, 5) is 24.7. The number of pyridine rings is 1. The molecule has 0 fully saturated rings. The van der Waals surface area contributed by atoms with Crippen LogP contribution >= 0.6 is 0 Å². The molecule has 5 heteroatoms. The quantitative estimate of drug-likeness (QED) is 0.418. The van der Waals surface area contributed by atoms with Crippen LogP contribution in [0, 0.1) is 0 Å². The number of benzene rings is 1. The van der Waals surface area contributed by atoms with Gasteiger partial charge in [-0.3, -0.25) is 4.79 Å². The van der Waals surface area contributed by atoms with E-state index in [9.17, 15) is 14.7 Å². The van der Waals surface area contributed by atoms with Crippen LogP contribution in [0.25, 0.3) is 5.52 Å². The Kier molecular flexibility index (Phi) is 6.42. The van der Waals surface area contributed by atoms with Crippen molar-refractivity contribution >= 4 is 17.3 Å². The Bertz CT molecular complexity index is 1060. The van der Waals surface area contributed by atoms with Crippen LogP contribution in [0.5, 0.6) is 0 Å². The monoisotopic (exact) mass is 406 g/mol. The molecule has 0 spiro atoms. The van der Waals surface area contributed by atoms with Gasteiger partial charge in [-0.05, 0) is 69.8 Å². The number of nitrogens with zero attached hydrogens (tertiary/aromatic N) is 1. The molecule has 0 saturated carbocycles. The molecule has 0 aliphatic carbocycles. The highest BCUT2D eigenvalue weighted by Gasteiger charge is 2.20. The Morgan fingerprint density at radius 1 is 1.07 bits per heavy atom. The van der Waals surface area contributed by atoms with Crippen LogP contribution < -0.4 is 5.32 Å². The lowest BCUT2D eigenvalue weighted by atomic mass is 9.97.